The largest absolute Gasteiger partial charge is 0.354 e. The fourth-order valence-corrected chi connectivity index (χ4v) is 5.13. The van der Waals surface area contributed by atoms with E-state index in [2.05, 4.69) is 5.32 Å². The highest BCUT2D eigenvalue weighted by atomic mass is 35.5. The van der Waals surface area contributed by atoms with Gasteiger partial charge in [-0.3, -0.25) is 9.59 Å². The molecule has 0 bridgehead atoms. The van der Waals surface area contributed by atoms with Gasteiger partial charge in [-0.25, -0.2) is 0 Å². The van der Waals surface area contributed by atoms with Crippen LogP contribution >= 0.6 is 35.0 Å². The number of nitrogens with zero attached hydrogens (tertiary/aromatic N) is 1. The summed E-state index contributed by atoms with van der Waals surface area (Å²) < 4.78 is 0. The first-order valence-corrected chi connectivity index (χ1v) is 13.8. The summed E-state index contributed by atoms with van der Waals surface area (Å²) in [6.07, 6.45) is 0.675. The van der Waals surface area contributed by atoms with Crippen LogP contribution in [0.4, 0.5) is 0 Å². The summed E-state index contributed by atoms with van der Waals surface area (Å²) in [5.74, 6) is 0.590. The van der Waals surface area contributed by atoms with E-state index in [1.165, 1.54) is 0 Å². The Balaban J connectivity index is 1.89. The Labute approximate surface area is 228 Å². The molecule has 36 heavy (non-hydrogen) atoms. The molecule has 0 unspecified atom stereocenters. The molecule has 1 N–H and O–H groups in total. The zero-order chi connectivity index (χ0) is 25.9. The van der Waals surface area contributed by atoms with Crippen molar-refractivity contribution in [3.05, 3.63) is 100 Å². The molecule has 190 valence electrons. The van der Waals surface area contributed by atoms with E-state index in [4.69, 9.17) is 23.2 Å². The second-order valence-electron chi connectivity index (χ2n) is 8.98. The van der Waals surface area contributed by atoms with Gasteiger partial charge in [0.2, 0.25) is 11.8 Å². The zero-order valence-electron chi connectivity index (χ0n) is 20.6. The lowest BCUT2D eigenvalue weighted by Gasteiger charge is -2.32. The number of amides is 2. The predicted molar refractivity (Wildman–Crippen MR) is 151 cm³/mol. The summed E-state index contributed by atoms with van der Waals surface area (Å²) in [5.41, 5.74) is 1.61. The standard InChI is InChI=1S/C29H32Cl2N2O2S/c1-21(2)19-32-29(35)27(18-22-10-5-3-6-11-22)33(20-24-25(30)14-9-15-26(24)31)28(34)16-17-36-23-12-7-4-8-13-23/h3-15,21,27H,16-20H2,1-2H3,(H,32,35)/t27-/m0/s1. The topological polar surface area (TPSA) is 49.4 Å². The van der Waals surface area contributed by atoms with Crippen molar-refractivity contribution in [3.63, 3.8) is 0 Å². The average Bonchev–Trinajstić information content (AvgIpc) is 2.87. The van der Waals surface area contributed by atoms with Gasteiger partial charge in [0.25, 0.3) is 0 Å². The first kappa shape index (κ1) is 28.1. The molecule has 7 heteroatoms. The Bertz CT molecular complexity index is 1110. The molecule has 1 atom stereocenters. The van der Waals surface area contributed by atoms with E-state index < -0.39 is 6.04 Å². The number of rotatable bonds is 12. The van der Waals surface area contributed by atoms with Gasteiger partial charge in [0.1, 0.15) is 6.04 Å². The zero-order valence-corrected chi connectivity index (χ0v) is 23.0. The highest BCUT2D eigenvalue weighted by Crippen LogP contribution is 2.28. The molecule has 0 radical (unpaired) electrons. The molecular weight excluding hydrogens is 511 g/mol. The Hall–Kier alpha value is -2.47. The van der Waals surface area contributed by atoms with Gasteiger partial charge in [-0.1, -0.05) is 91.6 Å². The van der Waals surface area contributed by atoms with Crippen LogP contribution in [-0.2, 0) is 22.6 Å². The van der Waals surface area contributed by atoms with Gasteiger partial charge in [-0.15, -0.1) is 11.8 Å². The van der Waals surface area contributed by atoms with E-state index in [9.17, 15) is 9.59 Å². The van der Waals surface area contributed by atoms with Gasteiger partial charge < -0.3 is 10.2 Å². The molecule has 3 rings (SSSR count). The smallest absolute Gasteiger partial charge is 0.243 e. The third-order valence-corrected chi connectivity index (χ3v) is 7.40. The van der Waals surface area contributed by atoms with E-state index in [-0.39, 0.29) is 30.7 Å². The van der Waals surface area contributed by atoms with Crippen molar-refractivity contribution in [2.24, 2.45) is 5.92 Å². The monoisotopic (exact) mass is 542 g/mol. The first-order chi connectivity index (χ1) is 17.3. The van der Waals surface area contributed by atoms with Crippen LogP contribution in [0.15, 0.2) is 83.8 Å². The molecule has 0 aromatic heterocycles. The normalized spacial score (nSPS) is 11.8. The van der Waals surface area contributed by atoms with Crippen molar-refractivity contribution in [1.82, 2.24) is 10.2 Å². The van der Waals surface area contributed by atoms with Gasteiger partial charge in [0.15, 0.2) is 0 Å². The molecule has 0 heterocycles. The van der Waals surface area contributed by atoms with Crippen molar-refractivity contribution in [2.75, 3.05) is 12.3 Å². The van der Waals surface area contributed by atoms with Crippen LogP contribution in [0.3, 0.4) is 0 Å². The lowest BCUT2D eigenvalue weighted by molar-refractivity contribution is -0.141. The summed E-state index contributed by atoms with van der Waals surface area (Å²) in [6.45, 7) is 4.77. The van der Waals surface area contributed by atoms with Crippen LogP contribution in [0.25, 0.3) is 0 Å². The third-order valence-electron chi connectivity index (χ3n) is 5.67. The van der Waals surface area contributed by atoms with Gasteiger partial charge >= 0.3 is 0 Å². The van der Waals surface area contributed by atoms with Crippen molar-refractivity contribution in [2.45, 2.75) is 44.2 Å². The van der Waals surface area contributed by atoms with Crippen LogP contribution in [-0.4, -0.2) is 35.1 Å². The highest BCUT2D eigenvalue weighted by molar-refractivity contribution is 7.99. The minimum absolute atomic E-state index is 0.116. The minimum atomic E-state index is -0.701. The number of thioether (sulfide) groups is 1. The van der Waals surface area contributed by atoms with Crippen molar-refractivity contribution < 1.29 is 9.59 Å². The summed E-state index contributed by atoms with van der Waals surface area (Å²) in [6, 6.07) is 24.3. The number of carbonyl (C=O) groups is 2. The number of nitrogens with one attached hydrogen (secondary N) is 1. The fraction of sp³-hybridized carbons (Fsp3) is 0.310. The van der Waals surface area contributed by atoms with E-state index in [1.807, 2.05) is 74.5 Å². The second-order valence-corrected chi connectivity index (χ2v) is 11.0. The maximum atomic E-state index is 13.7. The number of carbonyl (C=O) groups excluding carboxylic acids is 2. The maximum absolute atomic E-state index is 13.7. The Morgan fingerprint density at radius 2 is 1.50 bits per heavy atom. The van der Waals surface area contributed by atoms with Crippen LogP contribution in [0, 0.1) is 5.92 Å². The van der Waals surface area contributed by atoms with E-state index >= 15 is 0 Å². The average molecular weight is 544 g/mol. The summed E-state index contributed by atoms with van der Waals surface area (Å²) >= 11 is 14.6. The van der Waals surface area contributed by atoms with Crippen molar-refractivity contribution in [1.29, 1.82) is 0 Å². The van der Waals surface area contributed by atoms with Gasteiger partial charge in [0, 0.05) is 52.2 Å². The number of hydrogen-bond donors (Lipinski definition) is 1. The minimum Gasteiger partial charge on any atom is -0.354 e. The lowest BCUT2D eigenvalue weighted by Crippen LogP contribution is -2.51. The summed E-state index contributed by atoms with van der Waals surface area (Å²) in [4.78, 5) is 29.9. The van der Waals surface area contributed by atoms with Crippen LogP contribution in [0.5, 0.6) is 0 Å². The second kappa shape index (κ2) is 14.3. The number of halogens is 2. The first-order valence-electron chi connectivity index (χ1n) is 12.1. The lowest BCUT2D eigenvalue weighted by atomic mass is 10.0. The van der Waals surface area contributed by atoms with Gasteiger partial charge in [-0.05, 0) is 35.7 Å². The SMILES string of the molecule is CC(C)CNC(=O)[C@H](Cc1ccccc1)N(Cc1c(Cl)cccc1Cl)C(=O)CCSc1ccccc1. The molecule has 0 spiro atoms. The Kier molecular flexibility index (Phi) is 11.2. The van der Waals surface area contributed by atoms with Crippen LogP contribution < -0.4 is 5.32 Å². The molecule has 3 aromatic rings. The molecule has 0 fully saturated rings. The molecule has 0 aliphatic heterocycles. The molecule has 4 nitrogen and oxygen atoms in total. The predicted octanol–water partition coefficient (Wildman–Crippen LogP) is 6.89. The maximum Gasteiger partial charge on any atom is 0.243 e. The van der Waals surface area contributed by atoms with Crippen LogP contribution in [0.2, 0.25) is 10.0 Å². The molecule has 0 aliphatic carbocycles. The molecule has 0 saturated carbocycles. The third kappa shape index (κ3) is 8.58. The van der Waals surface area contributed by atoms with Gasteiger partial charge in [-0.2, -0.15) is 0 Å². The summed E-state index contributed by atoms with van der Waals surface area (Å²) in [5, 5.41) is 3.98. The van der Waals surface area contributed by atoms with E-state index in [0.29, 0.717) is 34.3 Å². The van der Waals surface area contributed by atoms with Crippen molar-refractivity contribution in [3.8, 4) is 0 Å². The fourth-order valence-electron chi connectivity index (χ4n) is 3.75. The Morgan fingerprint density at radius 3 is 2.11 bits per heavy atom. The number of benzene rings is 3. The van der Waals surface area contributed by atoms with E-state index in [1.54, 1.807) is 34.9 Å². The number of hydrogen-bond acceptors (Lipinski definition) is 3. The summed E-state index contributed by atoms with van der Waals surface area (Å²) in [7, 11) is 0. The van der Waals surface area contributed by atoms with Crippen LogP contribution in [0.1, 0.15) is 31.4 Å². The Morgan fingerprint density at radius 1 is 0.889 bits per heavy atom. The van der Waals surface area contributed by atoms with E-state index in [0.717, 1.165) is 10.5 Å². The van der Waals surface area contributed by atoms with Crippen molar-refractivity contribution >= 4 is 46.8 Å². The molecule has 2 amide bonds. The molecule has 3 aromatic carbocycles. The molecular formula is C29H32Cl2N2O2S. The molecule has 0 saturated heterocycles. The molecule has 0 aliphatic rings. The quantitative estimate of drug-likeness (QED) is 0.253. The highest BCUT2D eigenvalue weighted by Gasteiger charge is 2.31. The van der Waals surface area contributed by atoms with Gasteiger partial charge in [0.05, 0.1) is 0 Å².